The van der Waals surface area contributed by atoms with Crippen LogP contribution in [0.25, 0.3) is 0 Å². The second-order valence-electron chi connectivity index (χ2n) is 7.35. The van der Waals surface area contributed by atoms with E-state index in [1.54, 1.807) is 6.92 Å². The number of nitrogens with two attached hydrogens (primary N) is 1. The Morgan fingerprint density at radius 2 is 1.72 bits per heavy atom. The summed E-state index contributed by atoms with van der Waals surface area (Å²) in [4.78, 5) is 61.2. The summed E-state index contributed by atoms with van der Waals surface area (Å²) in [7, 11) is 0. The van der Waals surface area contributed by atoms with Gasteiger partial charge in [0.25, 0.3) is 0 Å². The van der Waals surface area contributed by atoms with E-state index in [4.69, 9.17) is 10.8 Å². The minimum Gasteiger partial charge on any atom is -0.481 e. The van der Waals surface area contributed by atoms with Crippen LogP contribution in [0.4, 0.5) is 0 Å². The molecule has 0 bridgehead atoms. The molecule has 0 spiro atoms. The second kappa shape index (κ2) is 10.7. The molecule has 0 radical (unpaired) electrons. The lowest BCUT2D eigenvalue weighted by Gasteiger charge is -2.31. The number of likely N-dealkylation sites (tertiary alicyclic amines) is 1. The minimum atomic E-state index is -1.42. The molecule has 1 heterocycles. The molecular formula is C18H30N4O7. The smallest absolute Gasteiger partial charge is 0.326 e. The van der Waals surface area contributed by atoms with E-state index < -0.39 is 60.2 Å². The molecule has 164 valence electrons. The summed E-state index contributed by atoms with van der Waals surface area (Å²) in [5.41, 5.74) is 5.45. The Hall–Kier alpha value is -2.69. The fourth-order valence-electron chi connectivity index (χ4n) is 3.09. The molecule has 1 saturated heterocycles. The molecular weight excluding hydrogens is 384 g/mol. The van der Waals surface area contributed by atoms with Crippen LogP contribution in [0, 0.1) is 5.92 Å². The number of carboxylic acids is 2. The zero-order valence-corrected chi connectivity index (χ0v) is 16.9. The highest BCUT2D eigenvalue weighted by Crippen LogP contribution is 2.21. The normalized spacial score (nSPS) is 20.3. The van der Waals surface area contributed by atoms with Gasteiger partial charge in [-0.2, -0.15) is 0 Å². The molecule has 1 aliphatic rings. The predicted molar refractivity (Wildman–Crippen MR) is 102 cm³/mol. The van der Waals surface area contributed by atoms with Crippen molar-refractivity contribution in [3.05, 3.63) is 0 Å². The van der Waals surface area contributed by atoms with E-state index in [0.717, 1.165) is 0 Å². The average Bonchev–Trinajstić information content (AvgIpc) is 3.13. The molecule has 0 aromatic heterocycles. The summed E-state index contributed by atoms with van der Waals surface area (Å²) in [6, 6.07) is -4.37. The molecule has 0 aromatic rings. The second-order valence-corrected chi connectivity index (χ2v) is 7.35. The topological polar surface area (TPSA) is 179 Å². The lowest BCUT2D eigenvalue weighted by atomic mass is 9.96. The summed E-state index contributed by atoms with van der Waals surface area (Å²) >= 11 is 0. The molecule has 6 N–H and O–H groups in total. The summed E-state index contributed by atoms with van der Waals surface area (Å²) in [5, 5.41) is 23.2. The number of aliphatic carboxylic acids is 2. The number of nitrogens with one attached hydrogen (secondary N) is 2. The van der Waals surface area contributed by atoms with Gasteiger partial charge < -0.3 is 31.5 Å². The third kappa shape index (κ3) is 6.70. The van der Waals surface area contributed by atoms with Crippen molar-refractivity contribution in [3.63, 3.8) is 0 Å². The van der Waals surface area contributed by atoms with Crippen LogP contribution in [0.2, 0.25) is 0 Å². The number of hydrogen-bond acceptors (Lipinski definition) is 6. The van der Waals surface area contributed by atoms with Crippen molar-refractivity contribution >= 4 is 29.7 Å². The molecule has 0 aliphatic carbocycles. The molecule has 29 heavy (non-hydrogen) atoms. The van der Waals surface area contributed by atoms with Crippen molar-refractivity contribution in [1.29, 1.82) is 0 Å². The van der Waals surface area contributed by atoms with Crippen molar-refractivity contribution < 1.29 is 34.2 Å². The van der Waals surface area contributed by atoms with E-state index in [0.29, 0.717) is 19.3 Å². The first-order chi connectivity index (χ1) is 13.5. The number of carboxylic acid groups (broad SMARTS) is 2. The van der Waals surface area contributed by atoms with Gasteiger partial charge in [0.05, 0.1) is 12.5 Å². The summed E-state index contributed by atoms with van der Waals surface area (Å²) in [6.07, 6.45) is 0.690. The van der Waals surface area contributed by atoms with E-state index in [-0.39, 0.29) is 12.5 Å². The van der Waals surface area contributed by atoms with Crippen LogP contribution in [0.5, 0.6) is 0 Å². The van der Waals surface area contributed by atoms with Gasteiger partial charge in [-0.05, 0) is 25.7 Å². The maximum absolute atomic E-state index is 13.0. The highest BCUT2D eigenvalue weighted by molar-refractivity contribution is 5.95. The standard InChI is InChI=1S/C18H30N4O7/c1-4-9(2)14(17(27)22-7-5-6-12(22)18(28)29)21-16(26)11(8-13(23)24)20-15(25)10(3)19/h9-12,14H,4-8,19H2,1-3H3,(H,20,25)(H,21,26)(H,23,24)(H,28,29). The number of amides is 3. The monoisotopic (exact) mass is 414 g/mol. The molecule has 5 unspecified atom stereocenters. The zero-order valence-electron chi connectivity index (χ0n) is 16.9. The van der Waals surface area contributed by atoms with Crippen LogP contribution < -0.4 is 16.4 Å². The van der Waals surface area contributed by atoms with E-state index in [9.17, 15) is 29.1 Å². The largest absolute Gasteiger partial charge is 0.481 e. The summed E-state index contributed by atoms with van der Waals surface area (Å²) in [6.45, 7) is 5.18. The molecule has 5 atom stereocenters. The summed E-state index contributed by atoms with van der Waals surface area (Å²) < 4.78 is 0. The van der Waals surface area contributed by atoms with Crippen molar-refractivity contribution in [2.45, 2.75) is 70.6 Å². The van der Waals surface area contributed by atoms with Gasteiger partial charge in [0, 0.05) is 6.54 Å². The van der Waals surface area contributed by atoms with Crippen molar-refractivity contribution in [1.82, 2.24) is 15.5 Å². The van der Waals surface area contributed by atoms with Gasteiger partial charge in [0.2, 0.25) is 17.7 Å². The minimum absolute atomic E-state index is 0.262. The molecule has 0 saturated carbocycles. The van der Waals surface area contributed by atoms with E-state index >= 15 is 0 Å². The Morgan fingerprint density at radius 3 is 2.21 bits per heavy atom. The molecule has 1 aliphatic heterocycles. The first kappa shape index (κ1) is 24.3. The number of hydrogen-bond donors (Lipinski definition) is 5. The Bertz CT molecular complexity index is 652. The van der Waals surface area contributed by atoms with Gasteiger partial charge in [-0.25, -0.2) is 4.79 Å². The molecule has 0 aromatic carbocycles. The maximum Gasteiger partial charge on any atom is 0.326 e. The van der Waals surface area contributed by atoms with Crippen LogP contribution in [0.1, 0.15) is 46.5 Å². The Labute approximate surface area is 169 Å². The first-order valence-electron chi connectivity index (χ1n) is 9.60. The van der Waals surface area contributed by atoms with E-state index in [2.05, 4.69) is 10.6 Å². The van der Waals surface area contributed by atoms with E-state index in [1.807, 2.05) is 6.92 Å². The van der Waals surface area contributed by atoms with E-state index in [1.165, 1.54) is 11.8 Å². The first-order valence-corrected chi connectivity index (χ1v) is 9.60. The third-order valence-corrected chi connectivity index (χ3v) is 5.02. The van der Waals surface area contributed by atoms with Gasteiger partial charge >= 0.3 is 11.9 Å². The molecule has 3 amide bonds. The fourth-order valence-corrected chi connectivity index (χ4v) is 3.09. The average molecular weight is 414 g/mol. The maximum atomic E-state index is 13.0. The van der Waals surface area contributed by atoms with Crippen LogP contribution in [0.3, 0.4) is 0 Å². The Kier molecular flexibility index (Phi) is 9.02. The molecule has 11 heteroatoms. The third-order valence-electron chi connectivity index (χ3n) is 5.02. The van der Waals surface area contributed by atoms with Crippen molar-refractivity contribution in [2.75, 3.05) is 6.54 Å². The number of carbonyl (C=O) groups is 5. The number of carbonyl (C=O) groups excluding carboxylic acids is 3. The van der Waals surface area contributed by atoms with Crippen LogP contribution >= 0.6 is 0 Å². The van der Waals surface area contributed by atoms with Crippen LogP contribution in [-0.2, 0) is 24.0 Å². The summed E-state index contributed by atoms with van der Waals surface area (Å²) in [5.74, 6) is -4.85. The zero-order chi connectivity index (χ0) is 22.3. The highest BCUT2D eigenvalue weighted by Gasteiger charge is 2.40. The van der Waals surface area contributed by atoms with Crippen molar-refractivity contribution in [2.24, 2.45) is 11.7 Å². The SMILES string of the molecule is CCC(C)C(NC(=O)C(CC(=O)O)NC(=O)C(C)N)C(=O)N1CCCC1C(=O)O. The molecule has 1 fully saturated rings. The van der Waals surface area contributed by atoms with Gasteiger partial charge in [0.15, 0.2) is 0 Å². The Balaban J connectivity index is 3.03. The number of rotatable bonds is 10. The fraction of sp³-hybridized carbons (Fsp3) is 0.722. The predicted octanol–water partition coefficient (Wildman–Crippen LogP) is -1.10. The van der Waals surface area contributed by atoms with Gasteiger partial charge in [-0.1, -0.05) is 20.3 Å². The quantitative estimate of drug-likeness (QED) is 0.299. The van der Waals surface area contributed by atoms with Gasteiger partial charge in [0.1, 0.15) is 18.1 Å². The van der Waals surface area contributed by atoms with Gasteiger partial charge in [-0.3, -0.25) is 19.2 Å². The molecule has 1 rings (SSSR count). The lowest BCUT2D eigenvalue weighted by Crippen LogP contribution is -2.58. The highest BCUT2D eigenvalue weighted by atomic mass is 16.4. The molecule has 11 nitrogen and oxygen atoms in total. The van der Waals surface area contributed by atoms with Crippen LogP contribution in [0.15, 0.2) is 0 Å². The van der Waals surface area contributed by atoms with Gasteiger partial charge in [-0.15, -0.1) is 0 Å². The van der Waals surface area contributed by atoms with Crippen molar-refractivity contribution in [3.8, 4) is 0 Å². The number of nitrogens with zero attached hydrogens (tertiary/aromatic N) is 1. The Morgan fingerprint density at radius 1 is 1.10 bits per heavy atom. The lowest BCUT2D eigenvalue weighted by molar-refractivity contribution is -0.150. The van der Waals surface area contributed by atoms with Crippen LogP contribution in [-0.4, -0.2) is 75.5 Å².